The number of fused-ring (bicyclic) bond motifs is 1. The second-order valence-electron chi connectivity index (χ2n) is 5.25. The predicted octanol–water partition coefficient (Wildman–Crippen LogP) is 3.69. The number of aromatic nitrogens is 2. The number of anilines is 2. The summed E-state index contributed by atoms with van der Waals surface area (Å²) in [4.78, 5) is 20.0. The van der Waals surface area contributed by atoms with Crippen molar-refractivity contribution in [3.05, 3.63) is 60.3 Å². The second kappa shape index (κ2) is 6.49. The number of nitrogens with zero attached hydrogens (tertiary/aromatic N) is 4. The Kier molecular flexibility index (Phi) is 4.42. The van der Waals surface area contributed by atoms with Gasteiger partial charge in [0.1, 0.15) is 6.07 Å². The van der Waals surface area contributed by atoms with Gasteiger partial charge in [-0.25, -0.2) is 0 Å². The zero-order valence-electron chi connectivity index (χ0n) is 13.1. The number of alkyl halides is 3. The molecule has 1 N–H and O–H groups in total. The van der Waals surface area contributed by atoms with E-state index in [0.717, 1.165) is 6.07 Å². The number of non-ortho nitro benzene ring substituents is 1. The lowest BCUT2D eigenvalue weighted by Crippen LogP contribution is -2.24. The standard InChI is InChI=1S/C13H5ClF3N5O6/c14-6-2-1-5(13(15,16)17)3-7(6)18-10-8(20(23)24)4-9(21(25)26)11-12(10)22(27)28-19-11/h1-4,18H. The number of nitro groups is 2. The summed E-state index contributed by atoms with van der Waals surface area (Å²) in [5.74, 6) is 0. The Balaban J connectivity index is 2.28. The van der Waals surface area contributed by atoms with Gasteiger partial charge in [0.25, 0.3) is 5.52 Å². The molecule has 0 fully saturated rings. The second-order valence-corrected chi connectivity index (χ2v) is 5.66. The fourth-order valence-corrected chi connectivity index (χ4v) is 2.52. The molecule has 0 amide bonds. The van der Waals surface area contributed by atoms with Crippen molar-refractivity contribution in [1.29, 1.82) is 0 Å². The van der Waals surface area contributed by atoms with E-state index < -0.39 is 55.4 Å². The van der Waals surface area contributed by atoms with Gasteiger partial charge in [0.2, 0.25) is 0 Å². The van der Waals surface area contributed by atoms with Crippen molar-refractivity contribution in [2.75, 3.05) is 5.32 Å². The molecule has 1 heterocycles. The molecule has 0 atom stereocenters. The van der Waals surface area contributed by atoms with Crippen LogP contribution in [0.25, 0.3) is 11.0 Å². The van der Waals surface area contributed by atoms with Crippen molar-refractivity contribution in [3.8, 4) is 0 Å². The highest BCUT2D eigenvalue weighted by molar-refractivity contribution is 6.33. The summed E-state index contributed by atoms with van der Waals surface area (Å²) >= 11 is 5.84. The molecule has 3 rings (SSSR count). The number of benzene rings is 2. The Morgan fingerprint density at radius 2 is 1.79 bits per heavy atom. The summed E-state index contributed by atoms with van der Waals surface area (Å²) in [7, 11) is 0. The molecule has 0 aliphatic carbocycles. The molecule has 0 spiro atoms. The van der Waals surface area contributed by atoms with Crippen LogP contribution in [0.3, 0.4) is 0 Å². The highest BCUT2D eigenvalue weighted by Gasteiger charge is 2.35. The van der Waals surface area contributed by atoms with Crippen molar-refractivity contribution in [3.63, 3.8) is 0 Å². The normalized spacial score (nSPS) is 11.6. The minimum atomic E-state index is -4.74. The summed E-state index contributed by atoms with van der Waals surface area (Å²) < 4.78 is 43.0. The molecular formula is C13H5ClF3N5O6. The van der Waals surface area contributed by atoms with Crippen LogP contribution in [0, 0.1) is 25.4 Å². The fraction of sp³-hybridized carbons (Fsp3) is 0.0769. The zero-order valence-corrected chi connectivity index (χ0v) is 13.8. The molecule has 1 aromatic heterocycles. The predicted molar refractivity (Wildman–Crippen MR) is 86.0 cm³/mol. The minimum absolute atomic E-state index is 0.261. The molecule has 2 aromatic carbocycles. The topological polar surface area (TPSA) is 151 Å². The van der Waals surface area contributed by atoms with Gasteiger partial charge in [-0.15, -0.1) is 0 Å². The SMILES string of the molecule is O=[N+]([O-])c1cc([N+](=O)[O-])c2no[n+]([O-])c2c1Nc1cc(C(F)(F)F)ccc1Cl. The van der Waals surface area contributed by atoms with Crippen LogP contribution >= 0.6 is 11.6 Å². The maximum Gasteiger partial charge on any atom is 0.416 e. The van der Waals surface area contributed by atoms with Crippen LogP contribution in [0.5, 0.6) is 0 Å². The van der Waals surface area contributed by atoms with Gasteiger partial charge in [-0.3, -0.25) is 24.9 Å². The molecule has 0 saturated heterocycles. The molecule has 0 radical (unpaired) electrons. The van der Waals surface area contributed by atoms with Gasteiger partial charge in [0.15, 0.2) is 5.69 Å². The molecule has 0 aliphatic heterocycles. The Morgan fingerprint density at radius 1 is 1.14 bits per heavy atom. The van der Waals surface area contributed by atoms with Crippen LogP contribution in [0.4, 0.5) is 35.9 Å². The van der Waals surface area contributed by atoms with Gasteiger partial charge in [-0.2, -0.15) is 13.2 Å². The Hall–Kier alpha value is -3.68. The molecule has 0 bridgehead atoms. The van der Waals surface area contributed by atoms with Crippen LogP contribution < -0.4 is 10.2 Å². The van der Waals surface area contributed by atoms with E-state index in [1.165, 1.54) is 0 Å². The van der Waals surface area contributed by atoms with E-state index in [1.54, 1.807) is 0 Å². The number of nitrogens with one attached hydrogen (secondary N) is 1. The van der Waals surface area contributed by atoms with E-state index in [0.29, 0.717) is 18.2 Å². The third kappa shape index (κ3) is 3.20. The van der Waals surface area contributed by atoms with Crippen molar-refractivity contribution < 1.29 is 32.5 Å². The van der Waals surface area contributed by atoms with Crippen molar-refractivity contribution >= 4 is 45.4 Å². The van der Waals surface area contributed by atoms with E-state index >= 15 is 0 Å². The monoisotopic (exact) mass is 419 g/mol. The lowest BCUT2D eigenvalue weighted by Gasteiger charge is -2.12. The Labute approximate surface area is 155 Å². The van der Waals surface area contributed by atoms with E-state index in [1.807, 2.05) is 0 Å². The van der Waals surface area contributed by atoms with E-state index in [2.05, 4.69) is 15.1 Å². The first-order chi connectivity index (χ1) is 13.0. The van der Waals surface area contributed by atoms with Gasteiger partial charge >= 0.3 is 23.1 Å². The van der Waals surface area contributed by atoms with Crippen molar-refractivity contribution in [1.82, 2.24) is 5.16 Å². The van der Waals surface area contributed by atoms with E-state index in [4.69, 9.17) is 11.6 Å². The van der Waals surface area contributed by atoms with Gasteiger partial charge in [0.05, 0.1) is 31.3 Å². The number of rotatable bonds is 4. The highest BCUT2D eigenvalue weighted by Crippen LogP contribution is 2.41. The quantitative estimate of drug-likeness (QED) is 0.382. The van der Waals surface area contributed by atoms with Crippen molar-refractivity contribution in [2.45, 2.75) is 6.18 Å². The average molecular weight is 420 g/mol. The van der Waals surface area contributed by atoms with Crippen LogP contribution in [-0.4, -0.2) is 15.0 Å². The summed E-state index contributed by atoms with van der Waals surface area (Å²) in [6.45, 7) is 0. The highest BCUT2D eigenvalue weighted by atomic mass is 35.5. The molecule has 0 saturated carbocycles. The van der Waals surface area contributed by atoms with Crippen molar-refractivity contribution in [2.24, 2.45) is 0 Å². The summed E-state index contributed by atoms with van der Waals surface area (Å²) in [6.07, 6.45) is -4.74. The maximum absolute atomic E-state index is 12.9. The molecule has 146 valence electrons. The molecule has 28 heavy (non-hydrogen) atoms. The van der Waals surface area contributed by atoms with E-state index in [-0.39, 0.29) is 9.93 Å². The molecule has 0 aliphatic rings. The first kappa shape index (κ1) is 19.1. The zero-order chi connectivity index (χ0) is 20.8. The lowest BCUT2D eigenvalue weighted by molar-refractivity contribution is -0.782. The fourth-order valence-electron chi connectivity index (χ4n) is 2.36. The molecular weight excluding hydrogens is 415 g/mol. The minimum Gasteiger partial charge on any atom is -0.359 e. The van der Waals surface area contributed by atoms with Gasteiger partial charge in [0, 0.05) is 0 Å². The summed E-state index contributed by atoms with van der Waals surface area (Å²) in [5, 5.41) is 39.5. The smallest absolute Gasteiger partial charge is 0.359 e. The van der Waals surface area contributed by atoms with Crippen LogP contribution in [0.15, 0.2) is 28.9 Å². The van der Waals surface area contributed by atoms with Gasteiger partial charge < -0.3 is 10.5 Å². The lowest BCUT2D eigenvalue weighted by atomic mass is 10.1. The van der Waals surface area contributed by atoms with Crippen LogP contribution in [-0.2, 0) is 6.18 Å². The van der Waals surface area contributed by atoms with Gasteiger partial charge in [-0.1, -0.05) is 11.6 Å². The largest absolute Gasteiger partial charge is 0.416 e. The summed E-state index contributed by atoms with van der Waals surface area (Å²) in [6, 6.07) is 2.62. The molecule has 11 nitrogen and oxygen atoms in total. The van der Waals surface area contributed by atoms with Crippen LogP contribution in [0.1, 0.15) is 5.56 Å². The maximum atomic E-state index is 12.9. The Bertz CT molecular complexity index is 1130. The third-order valence-corrected chi connectivity index (χ3v) is 3.90. The first-order valence-electron chi connectivity index (χ1n) is 6.99. The third-order valence-electron chi connectivity index (χ3n) is 3.57. The molecule has 0 unspecified atom stereocenters. The number of hydrogen-bond acceptors (Lipinski definition) is 8. The summed E-state index contributed by atoms with van der Waals surface area (Å²) in [5.41, 5.74) is -5.51. The van der Waals surface area contributed by atoms with Gasteiger partial charge in [-0.05, 0) is 23.1 Å². The van der Waals surface area contributed by atoms with Crippen LogP contribution in [0.2, 0.25) is 5.02 Å². The Morgan fingerprint density at radius 3 is 2.36 bits per heavy atom. The average Bonchev–Trinajstić information content (AvgIpc) is 2.97. The van der Waals surface area contributed by atoms with E-state index in [9.17, 15) is 38.6 Å². The first-order valence-corrected chi connectivity index (χ1v) is 7.37. The molecule has 3 aromatic rings. The number of nitro benzene ring substituents is 2. The number of hydrogen-bond donors (Lipinski definition) is 1. The number of halogens is 4. The molecule has 15 heteroatoms.